The Morgan fingerprint density at radius 2 is 1.93 bits per heavy atom. The van der Waals surface area contributed by atoms with Crippen LogP contribution in [0.4, 0.5) is 0 Å². The topological polar surface area (TPSA) is 71.5 Å². The van der Waals surface area contributed by atoms with Crippen LogP contribution >= 0.6 is 11.5 Å². The number of nitrogens with zero attached hydrogens (tertiary/aromatic N) is 2. The average molecular weight is 385 g/mol. The molecule has 4 heterocycles. The number of piperidine rings is 3. The summed E-state index contributed by atoms with van der Waals surface area (Å²) in [5, 5.41) is 3.23. The Morgan fingerprint density at radius 1 is 1.22 bits per heavy atom. The molecule has 0 unspecified atom stereocenters. The minimum atomic E-state index is -0.0420. The lowest BCUT2D eigenvalue weighted by Gasteiger charge is -2.49. The molecular weight excluding hydrogens is 362 g/mol. The molecule has 0 spiro atoms. The zero-order valence-corrected chi connectivity index (χ0v) is 16.3. The summed E-state index contributed by atoms with van der Waals surface area (Å²) in [6, 6.07) is 9.26. The molecule has 0 radical (unpaired) electrons. The van der Waals surface area contributed by atoms with Crippen LogP contribution in [0.5, 0.6) is 11.6 Å². The normalized spacial score (nSPS) is 26.6. The van der Waals surface area contributed by atoms with Gasteiger partial charge in [-0.25, -0.2) is 0 Å². The summed E-state index contributed by atoms with van der Waals surface area (Å²) in [7, 11) is 0. The van der Waals surface area contributed by atoms with Gasteiger partial charge in [0.15, 0.2) is 5.78 Å². The largest absolute Gasteiger partial charge is 0.438 e. The summed E-state index contributed by atoms with van der Waals surface area (Å²) in [4.78, 5) is 27.0. The van der Waals surface area contributed by atoms with Crippen LogP contribution in [0.15, 0.2) is 30.3 Å². The van der Waals surface area contributed by atoms with Crippen molar-refractivity contribution in [1.29, 1.82) is 0 Å². The Balaban J connectivity index is 1.39. The Bertz CT molecular complexity index is 838. The maximum atomic E-state index is 12.7. The van der Waals surface area contributed by atoms with Crippen LogP contribution in [0, 0.1) is 5.92 Å². The molecule has 6 nitrogen and oxygen atoms in total. The van der Waals surface area contributed by atoms with Gasteiger partial charge in [-0.2, -0.15) is 4.37 Å². The predicted octanol–water partition coefficient (Wildman–Crippen LogP) is 3.35. The summed E-state index contributed by atoms with van der Waals surface area (Å²) >= 11 is 1.12. The third-order valence-electron chi connectivity index (χ3n) is 5.65. The molecule has 2 aromatic rings. The molecular formula is C20H23N3O3S. The van der Waals surface area contributed by atoms with Crippen LogP contribution in [0.2, 0.25) is 0 Å². The van der Waals surface area contributed by atoms with Crippen molar-refractivity contribution < 1.29 is 14.3 Å². The molecule has 3 saturated heterocycles. The lowest BCUT2D eigenvalue weighted by atomic mass is 9.79. The van der Waals surface area contributed by atoms with Crippen LogP contribution in [-0.4, -0.2) is 46.1 Å². The maximum absolute atomic E-state index is 12.7. The standard InChI is InChI=1S/C20H23N3O3S/c1-12-19(14-7-9-23(12)10-8-14)21-20(25)15-3-5-16(6-4-15)26-18-11-17(13(2)24)27-22-18/h3-6,11-12,14,19H,7-10H2,1-2H3,(H,21,25)/t12-,19-/m0/s1. The van der Waals surface area contributed by atoms with Gasteiger partial charge in [0.25, 0.3) is 5.91 Å². The number of hydrogen-bond donors (Lipinski definition) is 1. The Kier molecular flexibility index (Phi) is 4.97. The second-order valence-electron chi connectivity index (χ2n) is 7.33. The lowest BCUT2D eigenvalue weighted by Crippen LogP contribution is -2.62. The third kappa shape index (κ3) is 3.75. The molecule has 2 atom stereocenters. The molecule has 1 amide bonds. The minimum absolute atomic E-state index is 0.0312. The van der Waals surface area contributed by atoms with E-state index in [1.807, 2.05) is 0 Å². The zero-order valence-electron chi connectivity index (χ0n) is 15.5. The first-order chi connectivity index (χ1) is 13.0. The monoisotopic (exact) mass is 385 g/mol. The summed E-state index contributed by atoms with van der Waals surface area (Å²) in [6.45, 7) is 6.00. The molecule has 0 saturated carbocycles. The van der Waals surface area contributed by atoms with Gasteiger partial charge in [-0.15, -0.1) is 0 Å². The van der Waals surface area contributed by atoms with Crippen molar-refractivity contribution >= 4 is 23.2 Å². The van der Waals surface area contributed by atoms with E-state index in [1.54, 1.807) is 30.3 Å². The van der Waals surface area contributed by atoms with Crippen molar-refractivity contribution in [2.24, 2.45) is 5.92 Å². The van der Waals surface area contributed by atoms with E-state index in [1.165, 1.54) is 6.92 Å². The highest BCUT2D eigenvalue weighted by Crippen LogP contribution is 2.32. The lowest BCUT2D eigenvalue weighted by molar-refractivity contribution is 0.0217. The Hall–Kier alpha value is -2.25. The van der Waals surface area contributed by atoms with Gasteiger partial charge in [0.1, 0.15) is 5.75 Å². The molecule has 7 heteroatoms. The maximum Gasteiger partial charge on any atom is 0.251 e. The average Bonchev–Trinajstić information content (AvgIpc) is 3.14. The van der Waals surface area contributed by atoms with E-state index in [4.69, 9.17) is 4.74 Å². The van der Waals surface area contributed by atoms with Crippen LogP contribution < -0.4 is 10.1 Å². The van der Waals surface area contributed by atoms with Crippen molar-refractivity contribution in [1.82, 2.24) is 14.6 Å². The molecule has 3 fully saturated rings. The number of nitrogens with one attached hydrogen (secondary N) is 1. The van der Waals surface area contributed by atoms with Crippen LogP contribution in [0.3, 0.4) is 0 Å². The summed E-state index contributed by atoms with van der Waals surface area (Å²) < 4.78 is 9.77. The number of amides is 1. The van der Waals surface area contributed by atoms with Gasteiger partial charge in [-0.3, -0.25) is 14.5 Å². The highest BCUT2D eigenvalue weighted by atomic mass is 32.1. The van der Waals surface area contributed by atoms with Crippen molar-refractivity contribution in [3.8, 4) is 11.6 Å². The number of benzene rings is 1. The van der Waals surface area contributed by atoms with Crippen molar-refractivity contribution in [3.63, 3.8) is 0 Å². The van der Waals surface area contributed by atoms with Gasteiger partial charge in [-0.05, 0) is 74.6 Å². The van der Waals surface area contributed by atoms with E-state index in [9.17, 15) is 9.59 Å². The highest BCUT2D eigenvalue weighted by molar-refractivity contribution is 7.08. The van der Waals surface area contributed by atoms with E-state index >= 15 is 0 Å². The van der Waals surface area contributed by atoms with Crippen molar-refractivity contribution in [3.05, 3.63) is 40.8 Å². The molecule has 27 heavy (non-hydrogen) atoms. The van der Waals surface area contributed by atoms with Crippen molar-refractivity contribution in [2.45, 2.75) is 38.8 Å². The van der Waals surface area contributed by atoms with Crippen LogP contribution in [-0.2, 0) is 0 Å². The molecule has 2 bridgehead atoms. The third-order valence-corrected chi connectivity index (χ3v) is 6.52. The summed E-state index contributed by atoms with van der Waals surface area (Å²) in [5.41, 5.74) is 0.619. The van der Waals surface area contributed by atoms with Crippen LogP contribution in [0.1, 0.15) is 46.7 Å². The Labute approximate surface area is 162 Å². The van der Waals surface area contributed by atoms with E-state index in [2.05, 4.69) is 21.5 Å². The van der Waals surface area contributed by atoms with E-state index in [-0.39, 0.29) is 17.7 Å². The summed E-state index contributed by atoms with van der Waals surface area (Å²) in [5.74, 6) is 1.49. The van der Waals surface area contributed by atoms with Gasteiger partial charge < -0.3 is 10.1 Å². The van der Waals surface area contributed by atoms with Crippen LogP contribution in [0.25, 0.3) is 0 Å². The second kappa shape index (κ2) is 7.40. The molecule has 1 aromatic heterocycles. The number of Topliss-reactive ketones (excluding diaryl/α,β-unsaturated/α-hetero) is 1. The molecule has 1 N–H and O–H groups in total. The van der Waals surface area contributed by atoms with Gasteiger partial charge in [0.2, 0.25) is 5.88 Å². The molecule has 142 valence electrons. The number of carbonyl (C=O) groups is 2. The number of carbonyl (C=O) groups excluding carboxylic acids is 2. The number of ketones is 1. The number of fused-ring (bicyclic) bond motifs is 3. The quantitative estimate of drug-likeness (QED) is 0.799. The molecule has 0 aliphatic carbocycles. The van der Waals surface area contributed by atoms with E-state index < -0.39 is 0 Å². The van der Waals surface area contributed by atoms with E-state index in [0.29, 0.717) is 34.0 Å². The van der Waals surface area contributed by atoms with Gasteiger partial charge in [-0.1, -0.05) is 0 Å². The predicted molar refractivity (Wildman–Crippen MR) is 104 cm³/mol. The molecule has 3 aliphatic rings. The fourth-order valence-electron chi connectivity index (χ4n) is 4.05. The van der Waals surface area contributed by atoms with Gasteiger partial charge in [0, 0.05) is 30.6 Å². The molecule has 5 rings (SSSR count). The Morgan fingerprint density at radius 3 is 2.52 bits per heavy atom. The smallest absolute Gasteiger partial charge is 0.251 e. The number of rotatable bonds is 5. The zero-order chi connectivity index (χ0) is 19.0. The molecule has 3 aliphatic heterocycles. The second-order valence-corrected chi connectivity index (χ2v) is 8.13. The number of aromatic nitrogens is 1. The number of hydrogen-bond acceptors (Lipinski definition) is 6. The SMILES string of the molecule is CC(=O)c1cc(Oc2ccc(C(=O)N[C@@H]3C4CCN(CC4)[C@H]3C)cc2)ns1. The van der Waals surface area contributed by atoms with Crippen molar-refractivity contribution in [2.75, 3.05) is 13.1 Å². The van der Waals surface area contributed by atoms with Gasteiger partial charge >= 0.3 is 0 Å². The first kappa shape index (κ1) is 18.1. The molecule has 1 aromatic carbocycles. The fourth-order valence-corrected chi connectivity index (χ4v) is 4.61. The number of ether oxygens (including phenoxy) is 1. The minimum Gasteiger partial charge on any atom is -0.438 e. The summed E-state index contributed by atoms with van der Waals surface area (Å²) in [6.07, 6.45) is 2.33. The first-order valence-corrected chi connectivity index (χ1v) is 10.1. The highest BCUT2D eigenvalue weighted by Gasteiger charge is 2.40. The fraction of sp³-hybridized carbons (Fsp3) is 0.450. The first-order valence-electron chi connectivity index (χ1n) is 9.32. The van der Waals surface area contributed by atoms with Gasteiger partial charge in [0.05, 0.1) is 4.88 Å². The van der Waals surface area contributed by atoms with E-state index in [0.717, 1.165) is 37.5 Å².